The molecule has 8 rings (SSSR count). The van der Waals surface area contributed by atoms with Gasteiger partial charge in [0.15, 0.2) is 18.9 Å². The van der Waals surface area contributed by atoms with E-state index in [4.69, 9.17) is 82.3 Å². The number of hydrogen-bond donors (Lipinski definition) is 17. The van der Waals surface area contributed by atoms with Gasteiger partial charge in [-0.2, -0.15) is 5.11 Å². The zero-order chi connectivity index (χ0) is 70.0. The molecule has 8 heterocycles. The molecule has 18 N–H and O–H groups in total. The molecule has 0 spiro atoms. The third-order valence-corrected chi connectivity index (χ3v) is 17.5. The van der Waals surface area contributed by atoms with Gasteiger partial charge >= 0.3 is 0 Å². The Hall–Kier alpha value is -5.01. The SMILES string of the molecule is N=N/C(=C\N[C@H]1[C@H]2OC[C@](CO)(O2)[C@H](O)[C@@H]1O)COCCOCCOCCNC(=O)CCC(N)(CCC(=O)NCCOCCOCCOCC1=CN([C@H]2[C@H]3OC[C@](CO)(O3)[C@H](O)[C@@H]2O)NN1)CCC(=O)NCCOCCOCCOCc1cn([C@H]2[C@H]3OC[C@](CO)(O3)[C@H](O)[C@@H]2O)nn1. The van der Waals surface area contributed by atoms with Crippen molar-refractivity contribution in [3.63, 3.8) is 0 Å². The molecule has 1 aromatic rings. The number of nitrogens with zero attached hydrogens (tertiary/aromatic N) is 5. The molecule has 7 aliphatic rings. The maximum atomic E-state index is 13.0. The fourth-order valence-electron chi connectivity index (χ4n) is 11.6. The van der Waals surface area contributed by atoms with Gasteiger partial charge in [0.05, 0.1) is 170 Å². The molecule has 16 atom stereocenters. The third kappa shape index (κ3) is 21.8. The van der Waals surface area contributed by atoms with Crippen molar-refractivity contribution in [1.29, 1.82) is 5.53 Å². The molecule has 98 heavy (non-hydrogen) atoms. The number of hydrazine groups is 2. The second kappa shape index (κ2) is 39.4. The zero-order valence-corrected chi connectivity index (χ0v) is 54.7. The number of carbonyl (C=O) groups excluding carboxylic acids is 3. The Kier molecular flexibility index (Phi) is 31.7. The predicted molar refractivity (Wildman–Crippen MR) is 327 cm³/mol. The second-order valence-corrected chi connectivity index (χ2v) is 24.5. The molecule has 1 unspecified atom stereocenters. The number of fused-ring (bicyclic) bond motifs is 6. The van der Waals surface area contributed by atoms with Crippen LogP contribution in [0.3, 0.4) is 0 Å². The van der Waals surface area contributed by atoms with E-state index in [0.717, 1.165) is 0 Å². The van der Waals surface area contributed by atoms with Crippen LogP contribution in [0.25, 0.3) is 0 Å². The minimum atomic E-state index is -1.40. The van der Waals surface area contributed by atoms with Crippen LogP contribution in [0.2, 0.25) is 0 Å². The van der Waals surface area contributed by atoms with Crippen molar-refractivity contribution in [3.05, 3.63) is 35.7 Å². The molecule has 40 nitrogen and oxygen atoms in total. The number of aliphatic hydroxyl groups excluding tert-OH is 9. The van der Waals surface area contributed by atoms with Crippen molar-refractivity contribution in [2.24, 2.45) is 10.8 Å². The lowest BCUT2D eigenvalue weighted by atomic mass is 9.84. The minimum absolute atomic E-state index is 0.0140. The minimum Gasteiger partial charge on any atom is -0.393 e. The summed E-state index contributed by atoms with van der Waals surface area (Å²) in [6, 6.07) is -2.57. The monoisotopic (exact) mass is 1410 g/mol. The third-order valence-electron chi connectivity index (χ3n) is 17.5. The van der Waals surface area contributed by atoms with Crippen molar-refractivity contribution in [3.8, 4) is 0 Å². The fourth-order valence-corrected chi connectivity index (χ4v) is 11.6. The summed E-state index contributed by atoms with van der Waals surface area (Å²) >= 11 is 0. The van der Waals surface area contributed by atoms with Gasteiger partial charge in [0.2, 0.25) is 17.7 Å². The highest BCUT2D eigenvalue weighted by atomic mass is 16.8. The Labute approximate surface area is 564 Å². The van der Waals surface area contributed by atoms with E-state index >= 15 is 0 Å². The molecule has 7 aliphatic heterocycles. The summed E-state index contributed by atoms with van der Waals surface area (Å²) in [6.07, 6.45) is -5.70. The highest BCUT2D eigenvalue weighted by Gasteiger charge is 2.62. The molecule has 0 aliphatic carbocycles. The van der Waals surface area contributed by atoms with Crippen molar-refractivity contribution in [2.75, 3.05) is 172 Å². The van der Waals surface area contributed by atoms with Crippen LogP contribution in [0.4, 0.5) is 0 Å². The first-order valence-electron chi connectivity index (χ1n) is 32.7. The van der Waals surface area contributed by atoms with E-state index < -0.39 is 116 Å². The van der Waals surface area contributed by atoms with Crippen molar-refractivity contribution in [2.45, 2.75) is 141 Å². The molecule has 0 aromatic carbocycles. The number of hydrogen-bond acceptors (Lipinski definition) is 36. The first-order chi connectivity index (χ1) is 47.4. The highest BCUT2D eigenvalue weighted by molar-refractivity contribution is 5.77. The Morgan fingerprint density at radius 1 is 0.602 bits per heavy atom. The second-order valence-electron chi connectivity index (χ2n) is 24.5. The van der Waals surface area contributed by atoms with Gasteiger partial charge in [-0.1, -0.05) is 5.21 Å². The van der Waals surface area contributed by atoms with Crippen LogP contribution < -0.4 is 38.0 Å². The van der Waals surface area contributed by atoms with E-state index in [1.807, 2.05) is 0 Å². The summed E-state index contributed by atoms with van der Waals surface area (Å²) in [6.45, 7) is 2.50. The van der Waals surface area contributed by atoms with E-state index in [-0.39, 0.29) is 220 Å². The fraction of sp³-hybridized carbons (Fsp3) is 0.845. The Morgan fingerprint density at radius 2 is 1.02 bits per heavy atom. The van der Waals surface area contributed by atoms with E-state index in [1.165, 1.54) is 15.9 Å². The Bertz CT molecular complexity index is 2670. The average molecular weight is 1410 g/mol. The van der Waals surface area contributed by atoms with Gasteiger partial charge in [-0.05, 0) is 19.3 Å². The Balaban J connectivity index is 0.652. The number of nitrogens with one attached hydrogen (secondary N) is 7. The lowest BCUT2D eigenvalue weighted by Gasteiger charge is -2.44. The first-order valence-corrected chi connectivity index (χ1v) is 32.7. The number of amides is 3. The lowest BCUT2D eigenvalue weighted by molar-refractivity contribution is -0.251. The topological polar surface area (TPSA) is 540 Å². The van der Waals surface area contributed by atoms with Gasteiger partial charge in [-0.15, -0.1) is 10.6 Å². The molecular formula is C58H99N13O27. The molecule has 0 radical (unpaired) electrons. The number of rotatable bonds is 50. The van der Waals surface area contributed by atoms with E-state index in [2.05, 4.69) is 47.7 Å². The van der Waals surface area contributed by atoms with E-state index in [9.17, 15) is 60.3 Å². The maximum absolute atomic E-state index is 13.0. The molecule has 0 saturated carbocycles. The summed E-state index contributed by atoms with van der Waals surface area (Å²) in [7, 11) is 0. The van der Waals surface area contributed by atoms with Crippen LogP contribution in [0.5, 0.6) is 0 Å². The highest BCUT2D eigenvalue weighted by Crippen LogP contribution is 2.42. The number of ether oxygens (including phenoxy) is 15. The summed E-state index contributed by atoms with van der Waals surface area (Å²) in [5.74, 6) is -0.887. The summed E-state index contributed by atoms with van der Waals surface area (Å²) in [4.78, 5) is 39.0. The zero-order valence-electron chi connectivity index (χ0n) is 54.7. The molecule has 1 aromatic heterocycles. The number of aliphatic hydroxyl groups is 9. The van der Waals surface area contributed by atoms with Gasteiger partial charge < -0.3 is 149 Å². The quantitative estimate of drug-likeness (QED) is 0.0213. The van der Waals surface area contributed by atoms with Gasteiger partial charge in [-0.3, -0.25) is 19.4 Å². The molecule has 6 fully saturated rings. The first kappa shape index (κ1) is 78.7. The van der Waals surface area contributed by atoms with E-state index in [0.29, 0.717) is 11.4 Å². The lowest BCUT2D eigenvalue weighted by Crippen LogP contribution is -2.67. The van der Waals surface area contributed by atoms with Crippen LogP contribution in [0.1, 0.15) is 50.3 Å². The van der Waals surface area contributed by atoms with Crippen LogP contribution in [-0.2, 0) is 92.0 Å². The molecule has 6 saturated heterocycles. The Morgan fingerprint density at radius 3 is 1.51 bits per heavy atom. The molecule has 558 valence electrons. The maximum Gasteiger partial charge on any atom is 0.220 e. The normalized spacial score (nSPS) is 30.9. The molecular weight excluding hydrogens is 1310 g/mol. The van der Waals surface area contributed by atoms with Crippen molar-refractivity contribution >= 4 is 17.7 Å². The van der Waals surface area contributed by atoms with Crippen molar-refractivity contribution in [1.82, 2.24) is 52.2 Å². The smallest absolute Gasteiger partial charge is 0.220 e. The molecule has 6 bridgehead atoms. The van der Waals surface area contributed by atoms with Crippen LogP contribution in [-0.4, -0.2) is 345 Å². The van der Waals surface area contributed by atoms with Crippen LogP contribution in [0.15, 0.2) is 35.1 Å². The van der Waals surface area contributed by atoms with Gasteiger partial charge in [0, 0.05) is 56.8 Å². The summed E-state index contributed by atoms with van der Waals surface area (Å²) in [5, 5.41) is 117. The summed E-state index contributed by atoms with van der Waals surface area (Å²) < 4.78 is 85.4. The number of nitrogens with two attached hydrogens (primary N) is 1. The molecule has 3 amide bonds. The van der Waals surface area contributed by atoms with E-state index in [1.54, 1.807) is 12.4 Å². The average Bonchev–Trinajstić information content (AvgIpc) is 1.59. The van der Waals surface area contributed by atoms with Gasteiger partial charge in [0.1, 0.15) is 82.9 Å². The largest absolute Gasteiger partial charge is 0.393 e. The number of carbonyl (C=O) groups is 3. The van der Waals surface area contributed by atoms with Gasteiger partial charge in [-0.25, -0.2) is 10.2 Å². The molecule has 40 heteroatoms. The van der Waals surface area contributed by atoms with Crippen LogP contribution >= 0.6 is 0 Å². The number of aromatic nitrogens is 3. The predicted octanol–water partition coefficient (Wildman–Crippen LogP) is -8.26. The standard InChI is InChI=1S/C58H99N13O27/c59-55(4-1-40(75)61-7-10-84-13-16-87-19-22-90-28-37(65-60)25-64-43-46(78)49(81)56(31-72)34-93-52(43)96-56,5-2-41(76)62-8-11-85-14-17-88-20-23-91-29-38-26-70(68-66-38)44-47(79)50(82)57(32-73)35-94-53(44)97-57)6-3-42(77)63-9-12-86-15-18-89-21-24-92-30-39-27-71(69-67-39)45-48(80)51(83)58(33-74)36-95-54(45)98-58/h25-27,43-54,60,64,66,68,72-74,78-83H,1-24,28-36,59H2,(H,61,75)(H,62,76)(H,63,77)/b37-25-,65-60?/t43-,44-,45-,46-,47-,48-,49-,50-,51-,52+,53+,54+,55?,56+,57+,58+/m1/s1. The van der Waals surface area contributed by atoms with Crippen LogP contribution in [0, 0.1) is 5.53 Å². The summed E-state index contributed by atoms with van der Waals surface area (Å²) in [5.41, 5.74) is 16.2. The van der Waals surface area contributed by atoms with Gasteiger partial charge in [0.25, 0.3) is 0 Å². The van der Waals surface area contributed by atoms with Crippen molar-refractivity contribution < 1.29 is 131 Å².